The molecule has 0 bridgehead atoms. The van der Waals surface area contributed by atoms with Gasteiger partial charge in [-0.05, 0) is 12.8 Å². The van der Waals surface area contributed by atoms with Gasteiger partial charge in [-0.2, -0.15) is 0 Å². The highest BCUT2D eigenvalue weighted by Crippen LogP contribution is 2.14. The van der Waals surface area contributed by atoms with Gasteiger partial charge in [-0.1, -0.05) is 96.3 Å². The summed E-state index contributed by atoms with van der Waals surface area (Å²) >= 11 is 0. The van der Waals surface area contributed by atoms with E-state index in [1.54, 1.807) is 0 Å². The van der Waals surface area contributed by atoms with Crippen molar-refractivity contribution in [1.29, 1.82) is 0 Å². The lowest BCUT2D eigenvalue weighted by Gasteiger charge is -2.12. The molecule has 1 aliphatic rings. The molecule has 1 heterocycles. The van der Waals surface area contributed by atoms with Crippen LogP contribution in [0.15, 0.2) is 12.2 Å². The van der Waals surface area contributed by atoms with Crippen molar-refractivity contribution in [3.05, 3.63) is 12.2 Å². The molecule has 0 aromatic rings. The van der Waals surface area contributed by atoms with E-state index in [1.807, 2.05) is 0 Å². The van der Waals surface area contributed by atoms with Crippen molar-refractivity contribution in [3.8, 4) is 0 Å². The first kappa shape index (κ1) is 25.4. The van der Waals surface area contributed by atoms with E-state index in [0.29, 0.717) is 13.0 Å². The van der Waals surface area contributed by atoms with Crippen molar-refractivity contribution in [2.75, 3.05) is 6.54 Å². The van der Waals surface area contributed by atoms with Gasteiger partial charge in [0.25, 0.3) is 11.8 Å². The van der Waals surface area contributed by atoms with Gasteiger partial charge in [0.05, 0.1) is 0 Å². The molecule has 0 radical (unpaired) electrons. The first-order chi connectivity index (χ1) is 14.1. The minimum atomic E-state index is -0.673. The minimum absolute atomic E-state index is 0.164. The van der Waals surface area contributed by atoms with Crippen LogP contribution in [0.5, 0.6) is 0 Å². The molecule has 0 aromatic heterocycles. The van der Waals surface area contributed by atoms with Crippen molar-refractivity contribution in [2.45, 2.75) is 116 Å². The van der Waals surface area contributed by atoms with Gasteiger partial charge in [0.15, 0.2) is 0 Å². The predicted molar refractivity (Wildman–Crippen MR) is 117 cm³/mol. The number of rotatable bonds is 20. The zero-order valence-electron chi connectivity index (χ0n) is 18.2. The van der Waals surface area contributed by atoms with E-state index in [2.05, 4.69) is 0 Å². The Morgan fingerprint density at radius 2 is 0.897 bits per heavy atom. The highest BCUT2D eigenvalue weighted by Gasteiger charge is 2.21. The molecule has 0 saturated heterocycles. The fraction of sp³-hybridized carbons (Fsp3) is 0.792. The lowest BCUT2D eigenvalue weighted by atomic mass is 10.0. The van der Waals surface area contributed by atoms with Crippen LogP contribution in [0.2, 0.25) is 0 Å². The molecule has 1 N–H and O–H groups in total. The minimum Gasteiger partial charge on any atom is -0.481 e. The van der Waals surface area contributed by atoms with Gasteiger partial charge >= 0.3 is 5.97 Å². The maximum Gasteiger partial charge on any atom is 0.303 e. The molecular formula is C24H41NO4. The van der Waals surface area contributed by atoms with Crippen LogP contribution in [-0.4, -0.2) is 34.3 Å². The highest BCUT2D eigenvalue weighted by atomic mass is 16.4. The Bertz CT molecular complexity index is 483. The third-order valence-corrected chi connectivity index (χ3v) is 5.67. The summed E-state index contributed by atoms with van der Waals surface area (Å²) in [6.07, 6.45) is 23.8. The molecule has 0 aliphatic carbocycles. The topological polar surface area (TPSA) is 74.7 Å². The van der Waals surface area contributed by atoms with E-state index < -0.39 is 5.97 Å². The Kier molecular flexibility index (Phi) is 15.1. The molecule has 0 saturated carbocycles. The third kappa shape index (κ3) is 14.0. The van der Waals surface area contributed by atoms with Crippen molar-refractivity contribution in [1.82, 2.24) is 4.90 Å². The Balaban J connectivity index is 1.70. The quantitative estimate of drug-likeness (QED) is 0.198. The van der Waals surface area contributed by atoms with Crippen molar-refractivity contribution >= 4 is 17.8 Å². The van der Waals surface area contributed by atoms with E-state index in [-0.39, 0.29) is 11.8 Å². The third-order valence-electron chi connectivity index (χ3n) is 5.67. The Labute approximate surface area is 176 Å². The smallest absolute Gasteiger partial charge is 0.303 e. The molecular weight excluding hydrogens is 366 g/mol. The summed E-state index contributed by atoms with van der Waals surface area (Å²) in [5.41, 5.74) is 0. The maximum atomic E-state index is 11.4. The van der Waals surface area contributed by atoms with Gasteiger partial charge in [-0.15, -0.1) is 0 Å². The number of amides is 2. The van der Waals surface area contributed by atoms with E-state index in [0.717, 1.165) is 25.7 Å². The number of imide groups is 1. The summed E-state index contributed by atoms with van der Waals surface area (Å²) < 4.78 is 0. The van der Waals surface area contributed by atoms with Gasteiger partial charge in [0, 0.05) is 25.1 Å². The molecule has 29 heavy (non-hydrogen) atoms. The summed E-state index contributed by atoms with van der Waals surface area (Å²) in [6, 6.07) is 0. The van der Waals surface area contributed by atoms with Crippen LogP contribution >= 0.6 is 0 Å². The van der Waals surface area contributed by atoms with Crippen LogP contribution in [0.1, 0.15) is 116 Å². The molecule has 5 nitrogen and oxygen atoms in total. The summed E-state index contributed by atoms with van der Waals surface area (Å²) in [7, 11) is 0. The van der Waals surface area contributed by atoms with E-state index in [9.17, 15) is 14.4 Å². The molecule has 0 atom stereocenters. The molecule has 0 unspecified atom stereocenters. The average Bonchev–Trinajstić information content (AvgIpc) is 3.01. The standard InChI is InChI=1S/C24H41NO4/c26-22-19-20-23(27)25(22)21-17-15-13-11-9-7-5-3-1-2-4-6-8-10-12-14-16-18-24(28)29/h19-20H,1-18,21H2,(H,28,29). The van der Waals surface area contributed by atoms with Crippen LogP contribution in [0.3, 0.4) is 0 Å². The van der Waals surface area contributed by atoms with Gasteiger partial charge in [-0.25, -0.2) is 0 Å². The van der Waals surface area contributed by atoms with Crippen molar-refractivity contribution in [2.24, 2.45) is 0 Å². The van der Waals surface area contributed by atoms with Gasteiger partial charge in [0.1, 0.15) is 0 Å². The average molecular weight is 408 g/mol. The van der Waals surface area contributed by atoms with Crippen LogP contribution < -0.4 is 0 Å². The summed E-state index contributed by atoms with van der Waals surface area (Å²) in [5, 5.41) is 8.58. The monoisotopic (exact) mass is 407 g/mol. The molecule has 1 rings (SSSR count). The first-order valence-electron chi connectivity index (χ1n) is 11.9. The van der Waals surface area contributed by atoms with Crippen LogP contribution in [0.4, 0.5) is 0 Å². The van der Waals surface area contributed by atoms with Gasteiger partial charge < -0.3 is 5.11 Å². The van der Waals surface area contributed by atoms with E-state index >= 15 is 0 Å². The zero-order chi connectivity index (χ0) is 21.2. The number of carbonyl (C=O) groups excluding carboxylic acids is 2. The largest absolute Gasteiger partial charge is 0.481 e. The fourth-order valence-electron chi connectivity index (χ4n) is 3.85. The summed E-state index contributed by atoms with van der Waals surface area (Å²) in [5.74, 6) is -1.00. The first-order valence-corrected chi connectivity index (χ1v) is 11.9. The number of carboxylic acids is 1. The lowest BCUT2D eigenvalue weighted by molar-refractivity contribution is -0.138. The molecule has 166 valence electrons. The molecule has 0 spiro atoms. The predicted octanol–water partition coefficient (Wildman–Crippen LogP) is 6.02. The summed E-state index contributed by atoms with van der Waals surface area (Å²) in [6.45, 7) is 0.565. The summed E-state index contributed by atoms with van der Waals surface area (Å²) in [4.78, 5) is 34.6. The maximum absolute atomic E-state index is 11.4. The molecule has 5 heteroatoms. The number of carboxylic acid groups (broad SMARTS) is 1. The number of unbranched alkanes of at least 4 members (excludes halogenated alkanes) is 16. The number of nitrogens with zero attached hydrogens (tertiary/aromatic N) is 1. The Morgan fingerprint density at radius 1 is 0.586 bits per heavy atom. The number of carbonyl (C=O) groups is 3. The molecule has 2 amide bonds. The molecule has 0 aromatic carbocycles. The second-order valence-corrected chi connectivity index (χ2v) is 8.32. The van der Waals surface area contributed by atoms with Gasteiger partial charge in [0.2, 0.25) is 0 Å². The van der Waals surface area contributed by atoms with Crippen LogP contribution in [0, 0.1) is 0 Å². The fourth-order valence-corrected chi connectivity index (χ4v) is 3.85. The normalized spacial score (nSPS) is 13.6. The second kappa shape index (κ2) is 17.2. The van der Waals surface area contributed by atoms with Crippen LogP contribution in [-0.2, 0) is 14.4 Å². The molecule has 1 aliphatic heterocycles. The second-order valence-electron chi connectivity index (χ2n) is 8.32. The Hall–Kier alpha value is -1.65. The SMILES string of the molecule is O=C(O)CCCCCCCCCCCCCCCCCCCN1C(=O)C=CC1=O. The van der Waals surface area contributed by atoms with Crippen molar-refractivity contribution in [3.63, 3.8) is 0 Å². The van der Waals surface area contributed by atoms with Crippen LogP contribution in [0.25, 0.3) is 0 Å². The number of hydrogen-bond donors (Lipinski definition) is 1. The van der Waals surface area contributed by atoms with E-state index in [4.69, 9.17) is 5.11 Å². The highest BCUT2D eigenvalue weighted by molar-refractivity contribution is 6.12. The van der Waals surface area contributed by atoms with Crippen molar-refractivity contribution < 1.29 is 19.5 Å². The Morgan fingerprint density at radius 3 is 1.24 bits per heavy atom. The number of hydrogen-bond acceptors (Lipinski definition) is 3. The molecule has 0 fully saturated rings. The lowest BCUT2D eigenvalue weighted by Crippen LogP contribution is -2.30. The number of aliphatic carboxylic acids is 1. The van der Waals surface area contributed by atoms with E-state index in [1.165, 1.54) is 101 Å². The zero-order valence-corrected chi connectivity index (χ0v) is 18.2. The van der Waals surface area contributed by atoms with Gasteiger partial charge in [-0.3, -0.25) is 19.3 Å².